The molecule has 0 aliphatic rings. The third kappa shape index (κ3) is 9510. The summed E-state index contributed by atoms with van der Waals surface area (Å²) in [5.41, 5.74) is 4.02. The van der Waals surface area contributed by atoms with Crippen LogP contribution in [-0.4, -0.2) is 5.54 Å². The highest BCUT2D eigenvalue weighted by molar-refractivity contribution is 4.48. The minimum atomic E-state index is 0. The average Bonchev–Trinajstić information content (AvgIpc) is 0.722. The Morgan fingerprint density at radius 1 is 1.40 bits per heavy atom. The van der Waals surface area contributed by atoms with E-state index >= 15 is 0 Å². The Bertz CT molecular complexity index is 23.0. The van der Waals surface area contributed by atoms with E-state index in [1.165, 1.54) is 0 Å². The van der Waals surface area contributed by atoms with Crippen LogP contribution in [0.15, 0.2) is 0 Å². The van der Waals surface area contributed by atoms with Crippen LogP contribution < -0.4 is 5.73 Å². The molecule has 0 saturated carbocycles. The van der Waals surface area contributed by atoms with Gasteiger partial charge in [0, 0.05) is 0 Å². The summed E-state index contributed by atoms with van der Waals surface area (Å²) < 4.78 is 0. The zero-order valence-corrected chi connectivity index (χ0v) is 4.21. The Morgan fingerprint density at radius 3 is 1.40 bits per heavy atom. The maximum Gasteiger partial charge on any atom is 0.0860 e. The SMILES string of the molecule is CC(C)(C)[NH3+].[H-]. The molecule has 3 N–H and O–H groups in total. The van der Waals surface area contributed by atoms with E-state index in [1.54, 1.807) is 0 Å². The van der Waals surface area contributed by atoms with Crippen LogP contribution in [0.25, 0.3) is 0 Å². The van der Waals surface area contributed by atoms with Gasteiger partial charge in [0.2, 0.25) is 0 Å². The highest BCUT2D eigenvalue weighted by Gasteiger charge is 2.00. The second-order valence-corrected chi connectivity index (χ2v) is 2.56. The van der Waals surface area contributed by atoms with Crippen molar-refractivity contribution in [3.8, 4) is 0 Å². The first kappa shape index (κ1) is 4.96. The van der Waals surface area contributed by atoms with Crippen molar-refractivity contribution in [2.24, 2.45) is 0 Å². The zero-order chi connectivity index (χ0) is 4.50. The molecule has 0 aliphatic carbocycles. The normalized spacial score (nSPS) is 12.0. The van der Waals surface area contributed by atoms with Crippen LogP contribution in [0.4, 0.5) is 0 Å². The fourth-order valence-electron chi connectivity index (χ4n) is 0. The molecule has 0 spiro atoms. The molecule has 0 fully saturated rings. The molecule has 0 saturated heterocycles. The molecule has 1 nitrogen and oxygen atoms in total. The molecule has 0 aromatic carbocycles. The van der Waals surface area contributed by atoms with Gasteiger partial charge < -0.3 is 7.16 Å². The first-order chi connectivity index (χ1) is 2.00. The lowest BCUT2D eigenvalue weighted by molar-refractivity contribution is -0.458. The molecule has 0 aliphatic heterocycles. The summed E-state index contributed by atoms with van der Waals surface area (Å²) in [7, 11) is 0. The van der Waals surface area contributed by atoms with Crippen molar-refractivity contribution in [2.75, 3.05) is 0 Å². The highest BCUT2D eigenvalue weighted by atomic mass is 14.7. The molecular weight excluding hydrogens is 62.1 g/mol. The van der Waals surface area contributed by atoms with Crippen LogP contribution in [0.5, 0.6) is 0 Å². The van der Waals surface area contributed by atoms with Gasteiger partial charge in [-0.15, -0.1) is 0 Å². The monoisotopic (exact) mass is 75.1 g/mol. The van der Waals surface area contributed by atoms with Gasteiger partial charge in [-0.3, -0.25) is 0 Å². The van der Waals surface area contributed by atoms with Gasteiger partial charge in [0.05, 0.1) is 5.54 Å². The first-order valence-corrected chi connectivity index (χ1v) is 1.85. The number of quaternary nitrogens is 1. The first-order valence-electron chi connectivity index (χ1n) is 1.85. The Kier molecular flexibility index (Phi) is 0.969. The molecule has 5 heavy (non-hydrogen) atoms. The summed E-state index contributed by atoms with van der Waals surface area (Å²) in [4.78, 5) is 0. The zero-order valence-electron chi connectivity index (χ0n) is 5.21. The predicted molar refractivity (Wildman–Crippen MR) is 23.8 cm³/mol. The van der Waals surface area contributed by atoms with Crippen molar-refractivity contribution >= 4 is 0 Å². The average molecular weight is 75.2 g/mol. The van der Waals surface area contributed by atoms with Crippen LogP contribution >= 0.6 is 0 Å². The van der Waals surface area contributed by atoms with Crippen molar-refractivity contribution in [2.45, 2.75) is 26.3 Å². The van der Waals surface area contributed by atoms with Gasteiger partial charge in [-0.05, 0) is 20.8 Å². The second kappa shape index (κ2) is 0.977. The van der Waals surface area contributed by atoms with Gasteiger partial charge in [-0.25, -0.2) is 0 Å². The Hall–Kier alpha value is -0.0400. The fraction of sp³-hybridized carbons (Fsp3) is 1.00. The van der Waals surface area contributed by atoms with E-state index in [9.17, 15) is 0 Å². The van der Waals surface area contributed by atoms with E-state index in [1.807, 2.05) is 0 Å². The van der Waals surface area contributed by atoms with E-state index in [0.717, 1.165) is 0 Å². The van der Waals surface area contributed by atoms with Gasteiger partial charge in [0.15, 0.2) is 0 Å². The molecule has 0 atom stereocenters. The van der Waals surface area contributed by atoms with E-state index < -0.39 is 0 Å². The van der Waals surface area contributed by atoms with Crippen LogP contribution in [0.1, 0.15) is 22.2 Å². The lowest BCUT2D eigenvalue weighted by Gasteiger charge is -2.01. The van der Waals surface area contributed by atoms with Crippen LogP contribution in [-0.2, 0) is 0 Å². The van der Waals surface area contributed by atoms with Gasteiger partial charge >= 0.3 is 0 Å². The second-order valence-electron chi connectivity index (χ2n) is 2.56. The third-order valence-electron chi connectivity index (χ3n) is 0. The smallest absolute Gasteiger partial charge is 0.0860 e. The van der Waals surface area contributed by atoms with E-state index in [0.29, 0.717) is 0 Å². The number of rotatable bonds is 0. The van der Waals surface area contributed by atoms with Gasteiger partial charge in [0.25, 0.3) is 0 Å². The molecule has 0 rings (SSSR count). The Balaban J connectivity index is 0. The van der Waals surface area contributed by atoms with Crippen molar-refractivity contribution in [3.05, 3.63) is 0 Å². The molecule has 0 aromatic heterocycles. The van der Waals surface area contributed by atoms with Crippen molar-refractivity contribution < 1.29 is 7.16 Å². The predicted octanol–water partition coefficient (Wildman–Crippen LogP) is 0.139. The van der Waals surface area contributed by atoms with E-state index in [4.69, 9.17) is 0 Å². The van der Waals surface area contributed by atoms with Gasteiger partial charge in [0.1, 0.15) is 0 Å². The number of hydrogen-bond donors (Lipinski definition) is 1. The Morgan fingerprint density at radius 2 is 1.40 bits per heavy atom. The molecule has 0 unspecified atom stereocenters. The molecule has 0 bridgehead atoms. The minimum absolute atomic E-state index is 0. The lowest BCUT2D eigenvalue weighted by atomic mass is 10.1. The van der Waals surface area contributed by atoms with Crippen LogP contribution in [0.3, 0.4) is 0 Å². The maximum atomic E-state index is 3.77. The highest BCUT2D eigenvalue weighted by Crippen LogP contribution is 1.84. The van der Waals surface area contributed by atoms with Gasteiger partial charge in [-0.1, -0.05) is 0 Å². The standard InChI is InChI=1S/C4H11N.H/c1-4(2,3)5;/h5H2,1-3H3;/q;-1/p+1. The molecule has 0 radical (unpaired) electrons. The van der Waals surface area contributed by atoms with Crippen molar-refractivity contribution in [3.63, 3.8) is 0 Å². The molecule has 1 heteroatoms. The van der Waals surface area contributed by atoms with E-state index in [-0.39, 0.29) is 6.97 Å². The summed E-state index contributed by atoms with van der Waals surface area (Å²) >= 11 is 0. The number of hydrogen-bond acceptors (Lipinski definition) is 0. The summed E-state index contributed by atoms with van der Waals surface area (Å²) in [5.74, 6) is 0. The topological polar surface area (TPSA) is 27.6 Å². The summed E-state index contributed by atoms with van der Waals surface area (Å²) in [6, 6.07) is 0. The largest absolute Gasteiger partial charge is 1.00 e. The summed E-state index contributed by atoms with van der Waals surface area (Å²) in [5, 5.41) is 0. The van der Waals surface area contributed by atoms with Crippen LogP contribution in [0, 0.1) is 0 Å². The summed E-state index contributed by atoms with van der Waals surface area (Å²) in [6.45, 7) is 6.23. The van der Waals surface area contributed by atoms with Gasteiger partial charge in [-0.2, -0.15) is 0 Å². The maximum absolute atomic E-state index is 3.77. The molecule has 0 aromatic rings. The summed E-state index contributed by atoms with van der Waals surface area (Å²) in [6.07, 6.45) is 0. The Labute approximate surface area is 34.7 Å². The molecule has 0 heterocycles. The molecule has 34 valence electrons. The quantitative estimate of drug-likeness (QED) is 0.424. The molecule has 0 amide bonds. The van der Waals surface area contributed by atoms with E-state index in [2.05, 4.69) is 26.5 Å². The minimum Gasteiger partial charge on any atom is -1.00 e. The lowest BCUT2D eigenvalue weighted by Crippen LogP contribution is -2.67. The molecular formula is C4H13N. The van der Waals surface area contributed by atoms with Crippen molar-refractivity contribution in [1.29, 1.82) is 0 Å². The van der Waals surface area contributed by atoms with Crippen molar-refractivity contribution in [1.82, 2.24) is 0 Å². The third-order valence-corrected chi connectivity index (χ3v) is 0. The van der Waals surface area contributed by atoms with Crippen LogP contribution in [0.2, 0.25) is 0 Å². The fourth-order valence-corrected chi connectivity index (χ4v) is 0.